The number of carbonyl (C=O) groups excluding carboxylic acids is 1. The first-order chi connectivity index (χ1) is 20.8. The summed E-state index contributed by atoms with van der Waals surface area (Å²) in [6.07, 6.45) is -10.1. The normalized spacial score (nSPS) is 16.4. The molecule has 1 atom stereocenters. The highest BCUT2D eigenvalue weighted by molar-refractivity contribution is 6.39. The Kier molecular flexibility index (Phi) is 10.4. The fourth-order valence-corrected chi connectivity index (χ4v) is 5.64. The predicted molar refractivity (Wildman–Crippen MR) is 161 cm³/mol. The van der Waals surface area contributed by atoms with Crippen molar-refractivity contribution in [1.82, 2.24) is 20.2 Å². The van der Waals surface area contributed by atoms with Gasteiger partial charge in [-0.15, -0.1) is 0 Å². The van der Waals surface area contributed by atoms with Gasteiger partial charge in [-0.1, -0.05) is 29.3 Å². The number of hydrogen-bond acceptors (Lipinski definition) is 5. The summed E-state index contributed by atoms with van der Waals surface area (Å²) in [5.74, 6) is -2.28. The van der Waals surface area contributed by atoms with E-state index in [1.165, 1.54) is 30.9 Å². The first kappa shape index (κ1) is 34.9. The number of nitrogens with zero attached hydrogens (tertiary/aromatic N) is 3. The van der Waals surface area contributed by atoms with Gasteiger partial charge < -0.3 is 25.4 Å². The summed E-state index contributed by atoms with van der Waals surface area (Å²) in [5.41, 5.74) is 0.212. The molecule has 1 aliphatic rings. The van der Waals surface area contributed by atoms with Crippen LogP contribution in [-0.2, 0) is 13.6 Å². The maximum absolute atomic E-state index is 13.9. The molecule has 248 valence electrons. The van der Waals surface area contributed by atoms with Gasteiger partial charge in [0.05, 0.1) is 50.4 Å². The van der Waals surface area contributed by atoms with Crippen molar-refractivity contribution in [3.8, 4) is 0 Å². The summed E-state index contributed by atoms with van der Waals surface area (Å²) in [7, 11) is 1.63. The van der Waals surface area contributed by atoms with Crippen LogP contribution in [0.3, 0.4) is 0 Å². The molecule has 0 aliphatic carbocycles. The third-order valence-corrected chi connectivity index (χ3v) is 8.18. The van der Waals surface area contributed by atoms with Gasteiger partial charge in [0.25, 0.3) is 5.91 Å². The number of amides is 1. The van der Waals surface area contributed by atoms with E-state index in [1.54, 1.807) is 23.7 Å². The lowest BCUT2D eigenvalue weighted by molar-refractivity contribution is -0.176. The van der Waals surface area contributed by atoms with E-state index in [2.05, 4.69) is 20.9 Å². The maximum atomic E-state index is 13.9. The molecule has 0 saturated carbocycles. The Labute approximate surface area is 265 Å². The molecule has 0 radical (unpaired) electrons. The summed E-state index contributed by atoms with van der Waals surface area (Å²) in [6, 6.07) is 6.14. The minimum atomic E-state index is -4.51. The first-order valence-corrected chi connectivity index (χ1v) is 14.9. The van der Waals surface area contributed by atoms with E-state index in [1.807, 2.05) is 0 Å². The molecule has 3 aromatic rings. The Morgan fingerprint density at radius 3 is 2.44 bits per heavy atom. The number of nitrogens with one attached hydrogen (secondary N) is 3. The Hall–Kier alpha value is -2.97. The van der Waals surface area contributed by atoms with E-state index in [9.17, 15) is 35.5 Å². The van der Waals surface area contributed by atoms with Crippen LogP contribution in [0.15, 0.2) is 24.3 Å². The van der Waals surface area contributed by atoms with Gasteiger partial charge in [0.2, 0.25) is 5.95 Å². The van der Waals surface area contributed by atoms with Crippen molar-refractivity contribution >= 4 is 57.5 Å². The van der Waals surface area contributed by atoms with Crippen LogP contribution in [0.2, 0.25) is 10.0 Å². The standard InChI is InChI=1S/C29H33Cl2F7N6O/c1-27(2,32)15-39-13-16-6-7-19(30)24(23(16)31)42-26-41-20-11-18(25(45)40-9-8-28(33,34)35)21(12-22(20)43(26)3)44-10-4-5-17(14-44)29(36,37)38/h6-7,11-12,17,39H,4-5,8-10,13-15H2,1-3H3,(H,40,45)(H,41,42). The predicted octanol–water partition coefficient (Wildman–Crippen LogP) is 7.92. The zero-order chi connectivity index (χ0) is 33.3. The van der Waals surface area contributed by atoms with Crippen molar-refractivity contribution in [3.63, 3.8) is 0 Å². The molecule has 1 unspecified atom stereocenters. The molecule has 2 heterocycles. The van der Waals surface area contributed by atoms with Gasteiger partial charge >= 0.3 is 12.4 Å². The highest BCUT2D eigenvalue weighted by atomic mass is 35.5. The lowest BCUT2D eigenvalue weighted by atomic mass is 9.96. The summed E-state index contributed by atoms with van der Waals surface area (Å²) in [6.45, 7) is 2.30. The third-order valence-electron chi connectivity index (χ3n) is 7.43. The lowest BCUT2D eigenvalue weighted by Crippen LogP contribution is -2.42. The molecule has 1 fully saturated rings. The molecular formula is C29H33Cl2F7N6O. The minimum absolute atomic E-state index is 0.0726. The van der Waals surface area contributed by atoms with Gasteiger partial charge in [0.1, 0.15) is 5.67 Å². The molecule has 3 N–H and O–H groups in total. The molecule has 4 rings (SSSR count). The monoisotopic (exact) mass is 684 g/mol. The molecule has 0 bridgehead atoms. The van der Waals surface area contributed by atoms with Gasteiger partial charge in [-0.05, 0) is 50.5 Å². The SMILES string of the molecule is Cn1c(Nc2c(Cl)ccc(CNCC(C)(C)F)c2Cl)nc2cc(C(=O)NCCC(F)(F)F)c(N3CCCC(C(F)(F)F)C3)cc21. The summed E-state index contributed by atoms with van der Waals surface area (Å²) < 4.78 is 94.6. The zero-order valence-corrected chi connectivity index (χ0v) is 26.2. The average molecular weight is 686 g/mol. The van der Waals surface area contributed by atoms with E-state index in [0.29, 0.717) is 16.8 Å². The van der Waals surface area contributed by atoms with Crippen LogP contribution in [0.4, 0.5) is 48.1 Å². The number of halogens is 9. The van der Waals surface area contributed by atoms with Crippen molar-refractivity contribution in [3.05, 3.63) is 45.4 Å². The number of rotatable bonds is 10. The molecule has 45 heavy (non-hydrogen) atoms. The highest BCUT2D eigenvalue weighted by Gasteiger charge is 2.42. The molecule has 0 spiro atoms. The molecule has 1 aromatic heterocycles. The quantitative estimate of drug-likeness (QED) is 0.189. The van der Waals surface area contributed by atoms with Crippen molar-refractivity contribution in [1.29, 1.82) is 0 Å². The van der Waals surface area contributed by atoms with E-state index in [4.69, 9.17) is 23.2 Å². The fourth-order valence-electron chi connectivity index (χ4n) is 5.11. The Morgan fingerprint density at radius 2 is 1.80 bits per heavy atom. The largest absolute Gasteiger partial charge is 0.393 e. The Balaban J connectivity index is 1.70. The van der Waals surface area contributed by atoms with E-state index < -0.39 is 49.4 Å². The van der Waals surface area contributed by atoms with Crippen LogP contribution in [0, 0.1) is 5.92 Å². The molecule has 7 nitrogen and oxygen atoms in total. The van der Waals surface area contributed by atoms with Crippen LogP contribution in [0.5, 0.6) is 0 Å². The molecule has 1 aliphatic heterocycles. The van der Waals surface area contributed by atoms with Gasteiger partial charge in [0, 0.05) is 39.8 Å². The number of benzene rings is 2. The number of carbonyl (C=O) groups is 1. The maximum Gasteiger partial charge on any atom is 0.393 e. The van der Waals surface area contributed by atoms with Crippen LogP contribution < -0.4 is 20.9 Å². The fraction of sp³-hybridized carbons (Fsp3) is 0.517. The van der Waals surface area contributed by atoms with Gasteiger partial charge in [-0.2, -0.15) is 26.3 Å². The van der Waals surface area contributed by atoms with E-state index >= 15 is 0 Å². The Morgan fingerprint density at radius 1 is 1.09 bits per heavy atom. The van der Waals surface area contributed by atoms with Crippen LogP contribution in [-0.4, -0.2) is 59.7 Å². The minimum Gasteiger partial charge on any atom is -0.370 e. The van der Waals surface area contributed by atoms with Crippen molar-refractivity contribution in [2.45, 2.75) is 57.7 Å². The number of anilines is 3. The van der Waals surface area contributed by atoms with E-state index in [-0.39, 0.29) is 65.2 Å². The Bertz CT molecular complexity index is 1530. The highest BCUT2D eigenvalue weighted by Crippen LogP contribution is 2.39. The summed E-state index contributed by atoms with van der Waals surface area (Å²) in [5, 5.41) is 8.78. The number of piperidine rings is 1. The first-order valence-electron chi connectivity index (χ1n) is 14.1. The molecular weight excluding hydrogens is 652 g/mol. The smallest absolute Gasteiger partial charge is 0.370 e. The van der Waals surface area contributed by atoms with Crippen molar-refractivity contribution < 1.29 is 35.5 Å². The number of aromatic nitrogens is 2. The average Bonchev–Trinajstić information content (AvgIpc) is 3.23. The number of aryl methyl sites for hydroxylation is 1. The second-order valence-corrected chi connectivity index (χ2v) is 12.4. The van der Waals surface area contributed by atoms with Gasteiger partial charge in [0.15, 0.2) is 0 Å². The summed E-state index contributed by atoms with van der Waals surface area (Å²) >= 11 is 13.1. The lowest BCUT2D eigenvalue weighted by Gasteiger charge is -2.36. The van der Waals surface area contributed by atoms with E-state index in [0.717, 1.165) is 0 Å². The van der Waals surface area contributed by atoms with Crippen LogP contribution >= 0.6 is 23.2 Å². The zero-order valence-electron chi connectivity index (χ0n) is 24.7. The van der Waals surface area contributed by atoms with Crippen LogP contribution in [0.1, 0.15) is 49.0 Å². The van der Waals surface area contributed by atoms with Gasteiger partial charge in [-0.25, -0.2) is 9.37 Å². The number of hydrogen-bond donors (Lipinski definition) is 3. The topological polar surface area (TPSA) is 74.2 Å². The van der Waals surface area contributed by atoms with Crippen LogP contribution in [0.25, 0.3) is 11.0 Å². The molecule has 16 heteroatoms. The number of alkyl halides is 7. The molecule has 2 aromatic carbocycles. The second-order valence-electron chi connectivity index (χ2n) is 11.6. The number of fused-ring (bicyclic) bond motifs is 1. The number of imidazole rings is 1. The molecule has 1 saturated heterocycles. The summed E-state index contributed by atoms with van der Waals surface area (Å²) in [4.78, 5) is 19.1. The second kappa shape index (κ2) is 13.4. The van der Waals surface area contributed by atoms with Gasteiger partial charge in [-0.3, -0.25) is 4.79 Å². The van der Waals surface area contributed by atoms with Crippen molar-refractivity contribution in [2.24, 2.45) is 13.0 Å². The van der Waals surface area contributed by atoms with Crippen molar-refractivity contribution in [2.75, 3.05) is 36.4 Å². The third kappa shape index (κ3) is 8.85. The molecule has 1 amide bonds.